The molecule has 0 spiro atoms. The Morgan fingerprint density at radius 2 is 2.04 bits per heavy atom. The topological polar surface area (TPSA) is 76.7 Å². The maximum Gasteiger partial charge on any atom is 0.228 e. The summed E-state index contributed by atoms with van der Waals surface area (Å²) >= 11 is 0. The maximum absolute atomic E-state index is 13.4. The lowest BCUT2D eigenvalue weighted by molar-refractivity contribution is -0.126. The Morgan fingerprint density at radius 3 is 2.88 bits per heavy atom. The van der Waals surface area contributed by atoms with E-state index in [0.29, 0.717) is 29.4 Å². The van der Waals surface area contributed by atoms with Crippen molar-refractivity contribution in [3.63, 3.8) is 0 Å². The summed E-state index contributed by atoms with van der Waals surface area (Å²) in [4.78, 5) is 24.4. The summed E-state index contributed by atoms with van der Waals surface area (Å²) in [7, 11) is 0. The van der Waals surface area contributed by atoms with E-state index in [4.69, 9.17) is 9.47 Å². The van der Waals surface area contributed by atoms with Gasteiger partial charge < -0.3 is 20.1 Å². The highest BCUT2D eigenvalue weighted by Crippen LogP contribution is 2.33. The first-order valence-corrected chi connectivity index (χ1v) is 8.35. The third kappa shape index (κ3) is 3.20. The first kappa shape index (κ1) is 16.4. The van der Waals surface area contributed by atoms with Crippen LogP contribution >= 0.6 is 0 Å². The average molecular weight is 356 g/mol. The van der Waals surface area contributed by atoms with Crippen molar-refractivity contribution in [3.8, 4) is 11.5 Å². The van der Waals surface area contributed by atoms with Crippen molar-refractivity contribution >= 4 is 17.5 Å². The van der Waals surface area contributed by atoms with Crippen LogP contribution in [0, 0.1) is 5.82 Å². The van der Waals surface area contributed by atoms with Crippen molar-refractivity contribution in [3.05, 3.63) is 53.8 Å². The number of halogens is 1. The Balaban J connectivity index is 1.42. The molecule has 0 aliphatic carbocycles. The summed E-state index contributed by atoms with van der Waals surface area (Å²) in [5.74, 6) is -0.414. The van der Waals surface area contributed by atoms with Crippen LogP contribution < -0.4 is 20.1 Å². The minimum absolute atomic E-state index is 0.0231. The van der Waals surface area contributed by atoms with E-state index in [0.717, 1.165) is 0 Å². The molecule has 4 rings (SSSR count). The molecule has 2 aromatic carbocycles. The molecule has 2 atom stereocenters. The minimum Gasteiger partial charge on any atom is -0.486 e. The lowest BCUT2D eigenvalue weighted by atomic mass is 9.89. The van der Waals surface area contributed by atoms with Gasteiger partial charge >= 0.3 is 0 Å². The second kappa shape index (κ2) is 6.67. The van der Waals surface area contributed by atoms with Crippen LogP contribution in [-0.4, -0.2) is 31.1 Å². The third-order valence-electron chi connectivity index (χ3n) is 4.44. The minimum atomic E-state index is -0.656. The van der Waals surface area contributed by atoms with E-state index in [1.54, 1.807) is 6.07 Å². The molecular weight excluding hydrogens is 339 g/mol. The SMILES string of the molecule is O=C1CC(C(=O)NCC2COc3ccccc3O2)c2ccc(F)cc2N1. The Bertz CT molecular complexity index is 870. The van der Waals surface area contributed by atoms with E-state index in [1.165, 1.54) is 18.2 Å². The molecule has 2 unspecified atom stereocenters. The normalized spacial score (nSPS) is 20.7. The molecule has 2 aliphatic rings. The molecule has 2 heterocycles. The van der Waals surface area contributed by atoms with E-state index in [-0.39, 0.29) is 30.9 Å². The van der Waals surface area contributed by atoms with E-state index in [1.807, 2.05) is 18.2 Å². The summed E-state index contributed by atoms with van der Waals surface area (Å²) in [6, 6.07) is 11.4. The molecular formula is C19H17FN2O4. The number of carbonyl (C=O) groups is 2. The molecule has 7 heteroatoms. The number of para-hydroxylation sites is 2. The summed E-state index contributed by atoms with van der Waals surface area (Å²) < 4.78 is 24.8. The molecule has 2 aromatic rings. The van der Waals surface area contributed by atoms with Crippen molar-refractivity contribution in [1.29, 1.82) is 0 Å². The van der Waals surface area contributed by atoms with Gasteiger partial charge in [0.05, 0.1) is 12.5 Å². The number of ether oxygens (including phenoxy) is 2. The highest BCUT2D eigenvalue weighted by molar-refractivity contribution is 6.01. The molecule has 26 heavy (non-hydrogen) atoms. The van der Waals surface area contributed by atoms with Crippen LogP contribution in [0.4, 0.5) is 10.1 Å². The number of carbonyl (C=O) groups excluding carboxylic acids is 2. The van der Waals surface area contributed by atoms with Gasteiger partial charge in [0.15, 0.2) is 11.5 Å². The molecule has 2 amide bonds. The van der Waals surface area contributed by atoms with Crippen molar-refractivity contribution in [2.75, 3.05) is 18.5 Å². The molecule has 0 saturated carbocycles. The predicted molar refractivity (Wildman–Crippen MR) is 91.8 cm³/mol. The van der Waals surface area contributed by atoms with E-state index in [2.05, 4.69) is 10.6 Å². The van der Waals surface area contributed by atoms with Gasteiger partial charge in [-0.3, -0.25) is 9.59 Å². The fourth-order valence-electron chi connectivity index (χ4n) is 3.17. The average Bonchev–Trinajstić information content (AvgIpc) is 2.65. The largest absolute Gasteiger partial charge is 0.486 e. The summed E-state index contributed by atoms with van der Waals surface area (Å²) in [5.41, 5.74) is 0.947. The van der Waals surface area contributed by atoms with Gasteiger partial charge in [-0.25, -0.2) is 4.39 Å². The number of anilines is 1. The highest BCUT2D eigenvalue weighted by Gasteiger charge is 2.31. The standard InChI is InChI=1S/C19H17FN2O4/c20-11-5-6-13-14(8-18(23)22-15(13)7-11)19(24)21-9-12-10-25-16-3-1-2-4-17(16)26-12/h1-7,12,14H,8-10H2,(H,21,24)(H,22,23). The maximum atomic E-state index is 13.4. The van der Waals surface area contributed by atoms with Gasteiger partial charge in [0, 0.05) is 12.1 Å². The summed E-state index contributed by atoms with van der Waals surface area (Å²) in [5, 5.41) is 5.41. The molecule has 6 nitrogen and oxygen atoms in total. The fourth-order valence-corrected chi connectivity index (χ4v) is 3.17. The first-order chi connectivity index (χ1) is 12.6. The summed E-state index contributed by atoms with van der Waals surface area (Å²) in [6.07, 6.45) is -0.297. The van der Waals surface area contributed by atoms with Crippen molar-refractivity contribution in [1.82, 2.24) is 5.32 Å². The van der Waals surface area contributed by atoms with Gasteiger partial charge in [0.2, 0.25) is 11.8 Å². The van der Waals surface area contributed by atoms with Crippen molar-refractivity contribution in [2.24, 2.45) is 0 Å². The molecule has 0 fully saturated rings. The van der Waals surface area contributed by atoms with Crippen molar-refractivity contribution in [2.45, 2.75) is 18.4 Å². The third-order valence-corrected chi connectivity index (χ3v) is 4.44. The first-order valence-electron chi connectivity index (χ1n) is 8.35. The van der Waals surface area contributed by atoms with Crippen LogP contribution in [-0.2, 0) is 9.59 Å². The number of rotatable bonds is 3. The van der Waals surface area contributed by atoms with Crippen molar-refractivity contribution < 1.29 is 23.5 Å². The van der Waals surface area contributed by atoms with Gasteiger partial charge in [-0.05, 0) is 29.8 Å². The zero-order valence-corrected chi connectivity index (χ0v) is 13.8. The van der Waals surface area contributed by atoms with Gasteiger partial charge in [0.1, 0.15) is 18.5 Å². The second-order valence-electron chi connectivity index (χ2n) is 6.28. The van der Waals surface area contributed by atoms with E-state index in [9.17, 15) is 14.0 Å². The van der Waals surface area contributed by atoms with Gasteiger partial charge in [-0.2, -0.15) is 0 Å². The van der Waals surface area contributed by atoms with Gasteiger partial charge in [0.25, 0.3) is 0 Å². The quantitative estimate of drug-likeness (QED) is 0.884. The number of amides is 2. The Morgan fingerprint density at radius 1 is 1.23 bits per heavy atom. The monoisotopic (exact) mass is 356 g/mol. The number of benzene rings is 2. The number of nitrogens with one attached hydrogen (secondary N) is 2. The molecule has 134 valence electrons. The zero-order valence-electron chi connectivity index (χ0n) is 13.8. The number of fused-ring (bicyclic) bond motifs is 2. The molecule has 2 N–H and O–H groups in total. The lowest BCUT2D eigenvalue weighted by Gasteiger charge is -2.28. The fraction of sp³-hybridized carbons (Fsp3) is 0.263. The number of hydrogen-bond acceptors (Lipinski definition) is 4. The van der Waals surface area contributed by atoms with Crippen LogP contribution in [0.1, 0.15) is 17.9 Å². The second-order valence-corrected chi connectivity index (χ2v) is 6.28. The molecule has 0 aromatic heterocycles. The molecule has 0 saturated heterocycles. The van der Waals surface area contributed by atoms with Gasteiger partial charge in [-0.15, -0.1) is 0 Å². The molecule has 0 bridgehead atoms. The van der Waals surface area contributed by atoms with Crippen LogP contribution in [0.2, 0.25) is 0 Å². The number of hydrogen-bond donors (Lipinski definition) is 2. The van der Waals surface area contributed by atoms with E-state index < -0.39 is 11.7 Å². The van der Waals surface area contributed by atoms with Crippen LogP contribution in [0.5, 0.6) is 11.5 Å². The van der Waals surface area contributed by atoms with Crippen LogP contribution in [0.15, 0.2) is 42.5 Å². The van der Waals surface area contributed by atoms with E-state index >= 15 is 0 Å². The van der Waals surface area contributed by atoms with Gasteiger partial charge in [-0.1, -0.05) is 18.2 Å². The Kier molecular flexibility index (Phi) is 4.20. The van der Waals surface area contributed by atoms with Crippen LogP contribution in [0.25, 0.3) is 0 Å². The Hall–Kier alpha value is -3.09. The lowest BCUT2D eigenvalue weighted by Crippen LogP contribution is -2.43. The molecule has 0 radical (unpaired) electrons. The Labute approximate surface area is 149 Å². The smallest absolute Gasteiger partial charge is 0.228 e. The molecule has 2 aliphatic heterocycles. The highest BCUT2D eigenvalue weighted by atomic mass is 19.1. The summed E-state index contributed by atoms with van der Waals surface area (Å²) in [6.45, 7) is 0.575. The van der Waals surface area contributed by atoms with Crippen LogP contribution in [0.3, 0.4) is 0 Å². The zero-order chi connectivity index (χ0) is 18.1. The predicted octanol–water partition coefficient (Wildman–Crippen LogP) is 2.21.